The van der Waals surface area contributed by atoms with Crippen LogP contribution in [-0.4, -0.2) is 51.8 Å². The average Bonchev–Trinajstić information content (AvgIpc) is 3.01. The summed E-state index contributed by atoms with van der Waals surface area (Å²) in [6.45, 7) is 0. The highest BCUT2D eigenvalue weighted by molar-refractivity contribution is 7.13. The van der Waals surface area contributed by atoms with Crippen molar-refractivity contribution in [2.75, 3.05) is 14.1 Å². The predicted molar refractivity (Wildman–Crippen MR) is 85.6 cm³/mol. The number of amides is 3. The predicted octanol–water partition coefficient (Wildman–Crippen LogP) is 2.10. The number of carbonyl (C=O) groups excluding carboxylic acids is 2. The van der Waals surface area contributed by atoms with Crippen molar-refractivity contribution in [1.29, 1.82) is 5.41 Å². The summed E-state index contributed by atoms with van der Waals surface area (Å²) in [4.78, 5) is 30.8. The number of imide groups is 1. The van der Waals surface area contributed by atoms with E-state index in [1.807, 2.05) is 0 Å². The van der Waals surface area contributed by atoms with Crippen LogP contribution in [0, 0.1) is 5.41 Å². The van der Waals surface area contributed by atoms with E-state index < -0.39 is 17.9 Å². The van der Waals surface area contributed by atoms with Crippen LogP contribution in [0.2, 0.25) is 0 Å². The van der Waals surface area contributed by atoms with Gasteiger partial charge in [-0.15, -0.1) is 11.3 Å². The lowest BCUT2D eigenvalue weighted by atomic mass is 10.0. The van der Waals surface area contributed by atoms with E-state index in [0.29, 0.717) is 10.7 Å². The maximum atomic E-state index is 12.4. The molecule has 1 aliphatic rings. The van der Waals surface area contributed by atoms with E-state index in [1.165, 1.54) is 25.4 Å². The minimum Gasteiger partial charge on any atom is -0.508 e. The summed E-state index contributed by atoms with van der Waals surface area (Å²) in [6, 6.07) is 6.06. The summed E-state index contributed by atoms with van der Waals surface area (Å²) in [5.41, 5.74) is 1.26. The van der Waals surface area contributed by atoms with Gasteiger partial charge in [0.05, 0.1) is 5.69 Å². The van der Waals surface area contributed by atoms with Crippen molar-refractivity contribution >= 4 is 29.1 Å². The van der Waals surface area contributed by atoms with Crippen molar-refractivity contribution < 1.29 is 14.7 Å². The first-order chi connectivity index (χ1) is 10.9. The molecule has 1 aromatic heterocycles. The number of benzene rings is 1. The summed E-state index contributed by atoms with van der Waals surface area (Å²) in [6.07, 6.45) is 0. The second kappa shape index (κ2) is 5.47. The van der Waals surface area contributed by atoms with Crippen molar-refractivity contribution in [3.8, 4) is 16.3 Å². The van der Waals surface area contributed by atoms with Crippen LogP contribution in [0.15, 0.2) is 29.6 Å². The number of likely N-dealkylation sites (N-methyl/N-ethyl adjacent to an activating group) is 2. The van der Waals surface area contributed by atoms with Crippen molar-refractivity contribution in [2.24, 2.45) is 0 Å². The Labute approximate surface area is 136 Å². The fourth-order valence-corrected chi connectivity index (χ4v) is 3.20. The molecule has 1 unspecified atom stereocenters. The van der Waals surface area contributed by atoms with Crippen LogP contribution < -0.4 is 0 Å². The molecule has 2 N–H and O–H groups in total. The Morgan fingerprint density at radius 1 is 1.17 bits per heavy atom. The maximum Gasteiger partial charge on any atom is 0.331 e. The van der Waals surface area contributed by atoms with Crippen LogP contribution in [-0.2, 0) is 4.79 Å². The molecular weight excluding hydrogens is 316 g/mol. The number of aromatic hydroxyl groups is 1. The molecule has 0 saturated carbocycles. The van der Waals surface area contributed by atoms with E-state index in [-0.39, 0.29) is 11.6 Å². The zero-order chi connectivity index (χ0) is 16.7. The molecule has 2 aromatic rings. The summed E-state index contributed by atoms with van der Waals surface area (Å²) in [5, 5.41) is 19.8. The van der Waals surface area contributed by atoms with Gasteiger partial charge < -0.3 is 5.11 Å². The topological polar surface area (TPSA) is 97.6 Å². The van der Waals surface area contributed by atoms with E-state index in [2.05, 4.69) is 4.98 Å². The molecular formula is C15H14N4O3S. The summed E-state index contributed by atoms with van der Waals surface area (Å²) in [5.74, 6) is -1.26. The smallest absolute Gasteiger partial charge is 0.331 e. The van der Waals surface area contributed by atoms with Gasteiger partial charge in [0.15, 0.2) is 0 Å². The van der Waals surface area contributed by atoms with E-state index in [0.717, 1.165) is 15.4 Å². The lowest BCUT2D eigenvalue weighted by Gasteiger charge is -2.34. The van der Waals surface area contributed by atoms with E-state index in [9.17, 15) is 14.7 Å². The molecule has 3 amide bonds. The monoisotopic (exact) mass is 330 g/mol. The van der Waals surface area contributed by atoms with E-state index in [1.54, 1.807) is 29.6 Å². The first kappa shape index (κ1) is 15.2. The van der Waals surface area contributed by atoms with E-state index in [4.69, 9.17) is 5.41 Å². The standard InChI is InChI=1S/C15H14N4O3S/c1-18-12(16)11(14(21)19(2)15(18)22)10-7-23-13(17-10)8-3-5-9(20)6-4-8/h3-7,11,16,20H,1-2H3. The van der Waals surface area contributed by atoms with Gasteiger partial charge in [-0.25, -0.2) is 9.78 Å². The number of nitrogens with zero attached hydrogens (tertiary/aromatic N) is 3. The highest BCUT2D eigenvalue weighted by atomic mass is 32.1. The molecule has 3 rings (SSSR count). The lowest BCUT2D eigenvalue weighted by Crippen LogP contribution is -2.55. The third-order valence-corrected chi connectivity index (χ3v) is 4.63. The van der Waals surface area contributed by atoms with Crippen molar-refractivity contribution in [1.82, 2.24) is 14.8 Å². The quantitative estimate of drug-likeness (QED) is 0.881. The highest BCUT2D eigenvalue weighted by Gasteiger charge is 2.42. The Kier molecular flexibility index (Phi) is 3.61. The molecule has 1 aliphatic heterocycles. The van der Waals surface area contributed by atoms with Gasteiger partial charge in [0.1, 0.15) is 22.5 Å². The first-order valence-electron chi connectivity index (χ1n) is 6.78. The van der Waals surface area contributed by atoms with Gasteiger partial charge in [0, 0.05) is 25.0 Å². The summed E-state index contributed by atoms with van der Waals surface area (Å²) >= 11 is 1.35. The van der Waals surface area contributed by atoms with Crippen molar-refractivity contribution in [3.05, 3.63) is 35.3 Å². The molecule has 8 heteroatoms. The number of carbonyl (C=O) groups is 2. The highest BCUT2D eigenvalue weighted by Crippen LogP contribution is 2.31. The Bertz CT molecular complexity index is 775. The van der Waals surface area contributed by atoms with Crippen LogP contribution in [0.4, 0.5) is 4.79 Å². The number of hydrogen-bond acceptors (Lipinski definition) is 6. The maximum absolute atomic E-state index is 12.4. The fraction of sp³-hybridized carbons (Fsp3) is 0.200. The number of hydrogen-bond donors (Lipinski definition) is 2. The third-order valence-electron chi connectivity index (χ3n) is 3.72. The van der Waals surface area contributed by atoms with Gasteiger partial charge >= 0.3 is 6.03 Å². The van der Waals surface area contributed by atoms with Crippen LogP contribution in [0.3, 0.4) is 0 Å². The number of rotatable bonds is 2. The summed E-state index contributed by atoms with van der Waals surface area (Å²) in [7, 11) is 2.86. The molecule has 1 saturated heterocycles. The molecule has 0 bridgehead atoms. The summed E-state index contributed by atoms with van der Waals surface area (Å²) < 4.78 is 0. The van der Waals surface area contributed by atoms with Gasteiger partial charge in [-0.3, -0.25) is 20.0 Å². The minimum absolute atomic E-state index is 0.0827. The number of amidine groups is 1. The second-order valence-corrected chi connectivity index (χ2v) is 6.04. The second-order valence-electron chi connectivity index (χ2n) is 5.18. The number of thiazole rings is 1. The molecule has 0 spiro atoms. The molecule has 2 heterocycles. The molecule has 118 valence electrons. The van der Waals surface area contributed by atoms with Gasteiger partial charge in [0.2, 0.25) is 5.91 Å². The molecule has 23 heavy (non-hydrogen) atoms. The number of nitrogens with one attached hydrogen (secondary N) is 1. The van der Waals surface area contributed by atoms with Gasteiger partial charge in [-0.1, -0.05) is 0 Å². The van der Waals surface area contributed by atoms with Crippen molar-refractivity contribution in [2.45, 2.75) is 5.92 Å². The van der Waals surface area contributed by atoms with Gasteiger partial charge in [-0.05, 0) is 24.3 Å². The van der Waals surface area contributed by atoms with Gasteiger partial charge in [0.25, 0.3) is 0 Å². The zero-order valence-electron chi connectivity index (χ0n) is 12.5. The molecule has 1 atom stereocenters. The first-order valence-corrected chi connectivity index (χ1v) is 7.66. The average molecular weight is 330 g/mol. The van der Waals surface area contributed by atoms with Crippen LogP contribution in [0.1, 0.15) is 11.6 Å². The Morgan fingerprint density at radius 3 is 2.48 bits per heavy atom. The third kappa shape index (κ3) is 2.46. The molecule has 1 fully saturated rings. The number of aromatic nitrogens is 1. The van der Waals surface area contributed by atoms with Crippen LogP contribution in [0.25, 0.3) is 10.6 Å². The Morgan fingerprint density at radius 2 is 1.83 bits per heavy atom. The van der Waals surface area contributed by atoms with Gasteiger partial charge in [-0.2, -0.15) is 0 Å². The number of phenolic OH excluding ortho intramolecular Hbond substituents is 1. The Hall–Kier alpha value is -2.74. The molecule has 0 radical (unpaired) electrons. The van der Waals surface area contributed by atoms with E-state index >= 15 is 0 Å². The fourth-order valence-electron chi connectivity index (χ4n) is 2.35. The largest absolute Gasteiger partial charge is 0.508 e. The SMILES string of the molecule is CN1C(=N)C(c2csc(-c3ccc(O)cc3)n2)C(=O)N(C)C1=O. The number of phenols is 1. The molecule has 7 nitrogen and oxygen atoms in total. The van der Waals surface area contributed by atoms with Crippen LogP contribution >= 0.6 is 11.3 Å². The molecule has 0 aliphatic carbocycles. The normalized spacial score (nSPS) is 18.7. The zero-order valence-corrected chi connectivity index (χ0v) is 13.3. The Balaban J connectivity index is 1.96. The lowest BCUT2D eigenvalue weighted by molar-refractivity contribution is -0.128. The minimum atomic E-state index is -0.884. The van der Waals surface area contributed by atoms with Crippen LogP contribution in [0.5, 0.6) is 5.75 Å². The molecule has 1 aromatic carbocycles. The van der Waals surface area contributed by atoms with Crippen molar-refractivity contribution in [3.63, 3.8) is 0 Å². The number of urea groups is 1.